The molecule has 126 valence electrons. The van der Waals surface area contributed by atoms with Crippen LogP contribution in [0.25, 0.3) is 11.3 Å². The summed E-state index contributed by atoms with van der Waals surface area (Å²) >= 11 is 1.28. The molecule has 3 rings (SSSR count). The van der Waals surface area contributed by atoms with E-state index in [9.17, 15) is 9.18 Å². The van der Waals surface area contributed by atoms with Crippen LogP contribution in [0.3, 0.4) is 0 Å². The maximum absolute atomic E-state index is 13.5. The van der Waals surface area contributed by atoms with Crippen LogP contribution in [-0.2, 0) is 4.79 Å². The zero-order valence-corrected chi connectivity index (χ0v) is 14.4. The standard InChI is InChI=1S/C19H16FN3OS/c1-13-7-8-15(11-16(13)20)21-18(24)12-25-19-10-9-17(22-23-19)14-5-3-2-4-6-14/h2-11H,12H2,1H3,(H,21,24). The average molecular weight is 353 g/mol. The molecule has 3 aromatic rings. The third kappa shape index (κ3) is 4.64. The number of nitrogens with zero attached hydrogens (tertiary/aromatic N) is 2. The molecule has 0 fully saturated rings. The van der Waals surface area contributed by atoms with Crippen LogP contribution < -0.4 is 5.32 Å². The third-order valence-electron chi connectivity index (χ3n) is 3.52. The van der Waals surface area contributed by atoms with E-state index in [2.05, 4.69) is 15.5 Å². The highest BCUT2D eigenvalue weighted by Gasteiger charge is 2.07. The number of carbonyl (C=O) groups excluding carboxylic acids is 1. The Morgan fingerprint density at radius 1 is 1.08 bits per heavy atom. The first kappa shape index (κ1) is 17.1. The van der Waals surface area contributed by atoms with Gasteiger partial charge in [0, 0.05) is 11.3 Å². The normalized spacial score (nSPS) is 10.5. The lowest BCUT2D eigenvalue weighted by molar-refractivity contribution is -0.113. The first-order chi connectivity index (χ1) is 12.1. The molecule has 0 aliphatic rings. The zero-order valence-electron chi connectivity index (χ0n) is 13.6. The number of carbonyl (C=O) groups is 1. The van der Waals surface area contributed by atoms with Crippen LogP contribution in [0.4, 0.5) is 10.1 Å². The molecule has 1 amide bonds. The molecule has 0 unspecified atom stereocenters. The van der Waals surface area contributed by atoms with Gasteiger partial charge in [0.1, 0.15) is 10.8 Å². The van der Waals surface area contributed by atoms with Gasteiger partial charge in [-0.15, -0.1) is 10.2 Å². The lowest BCUT2D eigenvalue weighted by atomic mass is 10.1. The predicted octanol–water partition coefficient (Wildman–Crippen LogP) is 4.32. The number of halogens is 1. The Labute approximate surface area is 149 Å². The monoisotopic (exact) mass is 353 g/mol. The van der Waals surface area contributed by atoms with Gasteiger partial charge in [-0.2, -0.15) is 0 Å². The predicted molar refractivity (Wildman–Crippen MR) is 98.0 cm³/mol. The lowest BCUT2D eigenvalue weighted by Gasteiger charge is -2.06. The number of aryl methyl sites for hydroxylation is 1. The van der Waals surface area contributed by atoms with E-state index in [-0.39, 0.29) is 17.5 Å². The Bertz CT molecular complexity index is 870. The van der Waals surface area contributed by atoms with Gasteiger partial charge in [-0.3, -0.25) is 4.79 Å². The van der Waals surface area contributed by atoms with E-state index >= 15 is 0 Å². The smallest absolute Gasteiger partial charge is 0.234 e. The summed E-state index contributed by atoms with van der Waals surface area (Å²) < 4.78 is 13.5. The van der Waals surface area contributed by atoms with Crippen LogP contribution >= 0.6 is 11.8 Å². The largest absolute Gasteiger partial charge is 0.325 e. The Balaban J connectivity index is 1.56. The molecular weight excluding hydrogens is 337 g/mol. The van der Waals surface area contributed by atoms with Crippen LogP contribution in [0, 0.1) is 12.7 Å². The van der Waals surface area contributed by atoms with Gasteiger partial charge in [0.15, 0.2) is 0 Å². The molecule has 0 radical (unpaired) electrons. The van der Waals surface area contributed by atoms with Gasteiger partial charge in [-0.1, -0.05) is 48.2 Å². The molecule has 0 aliphatic heterocycles. The van der Waals surface area contributed by atoms with Gasteiger partial charge in [0.2, 0.25) is 5.91 Å². The minimum Gasteiger partial charge on any atom is -0.325 e. The summed E-state index contributed by atoms with van der Waals surface area (Å²) in [7, 11) is 0. The highest BCUT2D eigenvalue weighted by molar-refractivity contribution is 7.99. The zero-order chi connectivity index (χ0) is 17.6. The van der Waals surface area contributed by atoms with E-state index in [0.29, 0.717) is 16.3 Å². The van der Waals surface area contributed by atoms with Gasteiger partial charge in [0.05, 0.1) is 11.4 Å². The number of amides is 1. The molecule has 0 aliphatic carbocycles. The Hall–Kier alpha value is -2.73. The number of aromatic nitrogens is 2. The maximum atomic E-state index is 13.5. The first-order valence-corrected chi connectivity index (χ1v) is 8.68. The molecule has 4 nitrogen and oxygen atoms in total. The van der Waals surface area contributed by atoms with Crippen molar-refractivity contribution in [3.05, 3.63) is 72.0 Å². The van der Waals surface area contributed by atoms with Crippen molar-refractivity contribution in [3.63, 3.8) is 0 Å². The number of benzene rings is 2. The molecule has 2 aromatic carbocycles. The summed E-state index contributed by atoms with van der Waals surface area (Å²) in [6.07, 6.45) is 0. The van der Waals surface area contributed by atoms with E-state index in [1.807, 2.05) is 42.5 Å². The molecule has 0 saturated heterocycles. The lowest BCUT2D eigenvalue weighted by Crippen LogP contribution is -2.14. The van der Waals surface area contributed by atoms with Crippen molar-refractivity contribution in [2.24, 2.45) is 0 Å². The van der Waals surface area contributed by atoms with E-state index in [0.717, 1.165) is 11.3 Å². The fourth-order valence-corrected chi connectivity index (χ4v) is 2.78. The SMILES string of the molecule is Cc1ccc(NC(=O)CSc2ccc(-c3ccccc3)nn2)cc1F. The van der Waals surface area contributed by atoms with Crippen molar-refractivity contribution in [2.75, 3.05) is 11.1 Å². The number of anilines is 1. The number of thioether (sulfide) groups is 1. The van der Waals surface area contributed by atoms with Gasteiger partial charge in [-0.05, 0) is 36.8 Å². The Morgan fingerprint density at radius 3 is 2.56 bits per heavy atom. The van der Waals surface area contributed by atoms with Crippen LogP contribution in [0.2, 0.25) is 0 Å². The van der Waals surface area contributed by atoms with E-state index < -0.39 is 0 Å². The van der Waals surface area contributed by atoms with Gasteiger partial charge in [0.25, 0.3) is 0 Å². The van der Waals surface area contributed by atoms with Crippen molar-refractivity contribution in [1.29, 1.82) is 0 Å². The minimum absolute atomic E-state index is 0.175. The highest BCUT2D eigenvalue weighted by Crippen LogP contribution is 2.20. The first-order valence-electron chi connectivity index (χ1n) is 7.70. The molecule has 0 atom stereocenters. The molecule has 0 bridgehead atoms. The van der Waals surface area contributed by atoms with E-state index in [4.69, 9.17) is 0 Å². The third-order valence-corrected chi connectivity index (χ3v) is 4.44. The van der Waals surface area contributed by atoms with Crippen molar-refractivity contribution in [1.82, 2.24) is 10.2 Å². The molecule has 6 heteroatoms. The summed E-state index contributed by atoms with van der Waals surface area (Å²) in [5.74, 6) is -0.385. The van der Waals surface area contributed by atoms with Crippen molar-refractivity contribution in [3.8, 4) is 11.3 Å². The second kappa shape index (κ2) is 7.90. The molecule has 1 aromatic heterocycles. The van der Waals surface area contributed by atoms with Gasteiger partial charge >= 0.3 is 0 Å². The van der Waals surface area contributed by atoms with Crippen LogP contribution in [-0.4, -0.2) is 21.9 Å². The minimum atomic E-state index is -0.340. The summed E-state index contributed by atoms with van der Waals surface area (Å²) in [4.78, 5) is 12.0. The highest BCUT2D eigenvalue weighted by atomic mass is 32.2. The van der Waals surface area contributed by atoms with Crippen molar-refractivity contribution in [2.45, 2.75) is 11.9 Å². The maximum Gasteiger partial charge on any atom is 0.234 e. The van der Waals surface area contributed by atoms with Gasteiger partial charge in [-0.25, -0.2) is 4.39 Å². The number of hydrogen-bond acceptors (Lipinski definition) is 4. The van der Waals surface area contributed by atoms with Crippen LogP contribution in [0.15, 0.2) is 65.7 Å². The summed E-state index contributed by atoms with van der Waals surface area (Å²) in [6, 6.07) is 18.1. The quantitative estimate of drug-likeness (QED) is 0.694. The average Bonchev–Trinajstić information content (AvgIpc) is 2.64. The summed E-state index contributed by atoms with van der Waals surface area (Å²) in [5.41, 5.74) is 2.76. The number of nitrogens with one attached hydrogen (secondary N) is 1. The fourth-order valence-electron chi connectivity index (χ4n) is 2.17. The van der Waals surface area contributed by atoms with Crippen LogP contribution in [0.1, 0.15) is 5.56 Å². The molecule has 0 saturated carbocycles. The van der Waals surface area contributed by atoms with Gasteiger partial charge < -0.3 is 5.32 Å². The molecular formula is C19H16FN3OS. The van der Waals surface area contributed by atoms with E-state index in [1.165, 1.54) is 17.8 Å². The number of hydrogen-bond donors (Lipinski definition) is 1. The number of rotatable bonds is 5. The van der Waals surface area contributed by atoms with Crippen molar-refractivity contribution < 1.29 is 9.18 Å². The molecule has 0 spiro atoms. The summed E-state index contributed by atoms with van der Waals surface area (Å²) in [6.45, 7) is 1.68. The molecule has 1 heterocycles. The Kier molecular flexibility index (Phi) is 5.40. The van der Waals surface area contributed by atoms with E-state index in [1.54, 1.807) is 19.1 Å². The molecule has 25 heavy (non-hydrogen) atoms. The second-order valence-corrected chi connectivity index (χ2v) is 6.42. The Morgan fingerprint density at radius 2 is 1.88 bits per heavy atom. The second-order valence-electron chi connectivity index (χ2n) is 5.42. The fraction of sp³-hybridized carbons (Fsp3) is 0.105. The summed E-state index contributed by atoms with van der Waals surface area (Å²) in [5, 5.41) is 11.6. The topological polar surface area (TPSA) is 54.9 Å². The molecule has 1 N–H and O–H groups in total. The van der Waals surface area contributed by atoms with Crippen molar-refractivity contribution >= 4 is 23.4 Å². The van der Waals surface area contributed by atoms with Crippen LogP contribution in [0.5, 0.6) is 0 Å².